The van der Waals surface area contributed by atoms with Crippen molar-refractivity contribution in [1.82, 2.24) is 9.80 Å². The van der Waals surface area contributed by atoms with Gasteiger partial charge in [-0.15, -0.1) is 0 Å². The van der Waals surface area contributed by atoms with Gasteiger partial charge in [-0.1, -0.05) is 24.6 Å². The number of carbonyl (C=O) groups excluding carboxylic acids is 2. The van der Waals surface area contributed by atoms with Gasteiger partial charge in [-0.2, -0.15) is 0 Å². The Hall–Kier alpha value is -3.07. The molecule has 2 aliphatic rings. The van der Waals surface area contributed by atoms with Crippen LogP contribution < -0.4 is 9.47 Å². The Morgan fingerprint density at radius 3 is 2.47 bits per heavy atom. The average Bonchev–Trinajstić information content (AvgIpc) is 3.16. The zero-order valence-corrected chi connectivity index (χ0v) is 21.3. The standard InChI is InChI=1S/C27H31ClN2O6/c1-3-14-36-21-9-6-19(17-22(21)34-2)24-23(25(31)18-4-7-20(28)8-5-18)26(32)27(33)30(24)11-10-29-12-15-35-16-13-29/h4-9,17,24,31H,3,10-16H2,1-2H3/t24-/m1/s1. The van der Waals surface area contributed by atoms with Gasteiger partial charge in [-0.3, -0.25) is 14.5 Å². The predicted octanol–water partition coefficient (Wildman–Crippen LogP) is 3.89. The van der Waals surface area contributed by atoms with Crippen molar-refractivity contribution < 1.29 is 28.9 Å². The van der Waals surface area contributed by atoms with Crippen LogP contribution in [0.5, 0.6) is 11.5 Å². The van der Waals surface area contributed by atoms with E-state index in [-0.39, 0.29) is 11.3 Å². The van der Waals surface area contributed by atoms with Crippen molar-refractivity contribution in [2.24, 2.45) is 0 Å². The second-order valence-electron chi connectivity index (χ2n) is 8.71. The van der Waals surface area contributed by atoms with Crippen LogP contribution in [-0.2, 0) is 14.3 Å². The molecule has 2 saturated heterocycles. The lowest BCUT2D eigenvalue weighted by Gasteiger charge is -2.31. The molecule has 4 rings (SSSR count). The van der Waals surface area contributed by atoms with Crippen LogP contribution in [0.3, 0.4) is 0 Å². The lowest BCUT2D eigenvalue weighted by atomic mass is 9.95. The topological polar surface area (TPSA) is 88.5 Å². The summed E-state index contributed by atoms with van der Waals surface area (Å²) in [6.45, 7) is 6.24. The fourth-order valence-electron chi connectivity index (χ4n) is 4.48. The third-order valence-corrected chi connectivity index (χ3v) is 6.64. The average molecular weight is 515 g/mol. The van der Waals surface area contributed by atoms with Crippen molar-refractivity contribution in [3.8, 4) is 11.5 Å². The monoisotopic (exact) mass is 514 g/mol. The van der Waals surface area contributed by atoms with Gasteiger partial charge in [-0.05, 0) is 48.4 Å². The Morgan fingerprint density at radius 2 is 1.81 bits per heavy atom. The number of hydrogen-bond donors (Lipinski definition) is 1. The maximum Gasteiger partial charge on any atom is 0.295 e. The zero-order valence-electron chi connectivity index (χ0n) is 20.5. The molecule has 0 bridgehead atoms. The number of morpholine rings is 1. The molecule has 2 heterocycles. The molecular formula is C27H31ClN2O6. The number of ketones is 1. The first-order valence-corrected chi connectivity index (χ1v) is 12.5. The van der Waals surface area contributed by atoms with E-state index >= 15 is 0 Å². The Bertz CT molecular complexity index is 1130. The predicted molar refractivity (Wildman–Crippen MR) is 137 cm³/mol. The smallest absolute Gasteiger partial charge is 0.295 e. The first-order valence-electron chi connectivity index (χ1n) is 12.1. The Kier molecular flexibility index (Phi) is 8.51. The number of likely N-dealkylation sites (tertiary alicyclic amines) is 1. The third kappa shape index (κ3) is 5.51. The molecule has 0 unspecified atom stereocenters. The number of amides is 1. The molecule has 36 heavy (non-hydrogen) atoms. The van der Waals surface area contributed by atoms with Crippen LogP contribution in [0.15, 0.2) is 48.0 Å². The number of aliphatic hydroxyl groups excluding tert-OH is 1. The molecule has 0 radical (unpaired) electrons. The summed E-state index contributed by atoms with van der Waals surface area (Å²) in [7, 11) is 1.54. The van der Waals surface area contributed by atoms with Gasteiger partial charge in [0.15, 0.2) is 11.5 Å². The maximum absolute atomic E-state index is 13.3. The van der Waals surface area contributed by atoms with Crippen molar-refractivity contribution in [3.05, 3.63) is 64.2 Å². The van der Waals surface area contributed by atoms with E-state index in [0.717, 1.165) is 19.5 Å². The molecule has 9 heteroatoms. The van der Waals surface area contributed by atoms with Gasteiger partial charge in [-0.25, -0.2) is 0 Å². The van der Waals surface area contributed by atoms with Crippen LogP contribution in [0.25, 0.3) is 5.76 Å². The highest BCUT2D eigenvalue weighted by molar-refractivity contribution is 6.46. The number of ether oxygens (including phenoxy) is 3. The van der Waals surface area contributed by atoms with Gasteiger partial charge in [0.2, 0.25) is 0 Å². The van der Waals surface area contributed by atoms with Crippen molar-refractivity contribution in [2.45, 2.75) is 19.4 Å². The number of carbonyl (C=O) groups is 2. The summed E-state index contributed by atoms with van der Waals surface area (Å²) >= 11 is 6.01. The number of halogens is 1. The first-order chi connectivity index (χ1) is 17.4. The number of nitrogens with zero attached hydrogens (tertiary/aromatic N) is 2. The molecule has 0 aromatic heterocycles. The Labute approximate surface area is 216 Å². The minimum atomic E-state index is -0.782. The number of hydrogen-bond acceptors (Lipinski definition) is 7. The fraction of sp³-hybridized carbons (Fsp3) is 0.407. The normalized spacial score (nSPS) is 20.1. The summed E-state index contributed by atoms with van der Waals surface area (Å²) in [4.78, 5) is 30.2. The molecule has 2 aromatic rings. The largest absolute Gasteiger partial charge is 0.507 e. The second kappa shape index (κ2) is 11.8. The Balaban J connectivity index is 1.75. The van der Waals surface area contributed by atoms with Crippen molar-refractivity contribution >= 4 is 29.1 Å². The summed E-state index contributed by atoms with van der Waals surface area (Å²) in [5.74, 6) is -0.541. The fourth-order valence-corrected chi connectivity index (χ4v) is 4.61. The number of benzene rings is 2. The highest BCUT2D eigenvalue weighted by Gasteiger charge is 2.46. The van der Waals surface area contributed by atoms with Crippen LogP contribution in [-0.4, -0.2) is 79.7 Å². The van der Waals surface area contributed by atoms with E-state index in [9.17, 15) is 14.7 Å². The molecule has 2 fully saturated rings. The molecule has 192 valence electrons. The molecular weight excluding hydrogens is 484 g/mol. The summed E-state index contributed by atoms with van der Waals surface area (Å²) in [5.41, 5.74) is 1.09. The van der Waals surface area contributed by atoms with Crippen molar-refractivity contribution in [2.75, 3.05) is 53.1 Å². The van der Waals surface area contributed by atoms with Gasteiger partial charge in [0.1, 0.15) is 5.76 Å². The number of rotatable bonds is 9. The molecule has 0 saturated carbocycles. The van der Waals surface area contributed by atoms with Crippen molar-refractivity contribution in [1.29, 1.82) is 0 Å². The van der Waals surface area contributed by atoms with Crippen LogP contribution in [0.1, 0.15) is 30.5 Å². The lowest BCUT2D eigenvalue weighted by molar-refractivity contribution is -0.140. The van der Waals surface area contributed by atoms with E-state index in [2.05, 4.69) is 4.90 Å². The highest BCUT2D eigenvalue weighted by atomic mass is 35.5. The SMILES string of the molecule is CCCOc1ccc([C@@H]2C(=C(O)c3ccc(Cl)cc3)C(=O)C(=O)N2CCN2CCOCC2)cc1OC. The zero-order chi connectivity index (χ0) is 25.7. The summed E-state index contributed by atoms with van der Waals surface area (Å²) in [6.07, 6.45) is 0.841. The van der Waals surface area contributed by atoms with Gasteiger partial charge in [0, 0.05) is 36.8 Å². The maximum atomic E-state index is 13.3. The van der Waals surface area contributed by atoms with Crippen LogP contribution in [0, 0.1) is 0 Å². The number of Topliss-reactive ketones (excluding diaryl/α,β-unsaturated/α-hetero) is 1. The minimum absolute atomic E-state index is 0.0357. The minimum Gasteiger partial charge on any atom is -0.507 e. The summed E-state index contributed by atoms with van der Waals surface area (Å²) in [6, 6.07) is 11.1. The Morgan fingerprint density at radius 1 is 1.08 bits per heavy atom. The first kappa shape index (κ1) is 26.0. The van der Waals surface area contributed by atoms with E-state index in [1.807, 2.05) is 6.92 Å². The molecule has 0 aliphatic carbocycles. The van der Waals surface area contributed by atoms with Gasteiger partial charge >= 0.3 is 0 Å². The van der Waals surface area contributed by atoms with Gasteiger partial charge in [0.25, 0.3) is 11.7 Å². The second-order valence-corrected chi connectivity index (χ2v) is 9.15. The van der Waals surface area contributed by atoms with Crippen LogP contribution >= 0.6 is 11.6 Å². The molecule has 1 amide bonds. The van der Waals surface area contributed by atoms with E-state index in [0.29, 0.717) is 60.6 Å². The molecule has 2 aromatic carbocycles. The molecule has 1 atom stereocenters. The third-order valence-electron chi connectivity index (χ3n) is 6.38. The lowest BCUT2D eigenvalue weighted by Crippen LogP contribution is -2.42. The number of aliphatic hydroxyl groups is 1. The van der Waals surface area contributed by atoms with E-state index in [4.69, 9.17) is 25.8 Å². The van der Waals surface area contributed by atoms with Crippen LogP contribution in [0.4, 0.5) is 0 Å². The van der Waals surface area contributed by atoms with Gasteiger partial charge in [0.05, 0.1) is 38.5 Å². The van der Waals surface area contributed by atoms with Crippen molar-refractivity contribution in [3.63, 3.8) is 0 Å². The quantitative estimate of drug-likeness (QED) is 0.308. The van der Waals surface area contributed by atoms with Gasteiger partial charge < -0.3 is 24.2 Å². The summed E-state index contributed by atoms with van der Waals surface area (Å²) < 4.78 is 16.8. The van der Waals surface area contributed by atoms with E-state index in [1.165, 1.54) is 4.90 Å². The number of methoxy groups -OCH3 is 1. The summed E-state index contributed by atoms with van der Waals surface area (Å²) in [5, 5.41) is 11.7. The van der Waals surface area contributed by atoms with E-state index in [1.54, 1.807) is 49.6 Å². The van der Waals surface area contributed by atoms with E-state index < -0.39 is 17.7 Å². The molecule has 1 N–H and O–H groups in total. The molecule has 0 spiro atoms. The van der Waals surface area contributed by atoms with Crippen LogP contribution in [0.2, 0.25) is 5.02 Å². The molecule has 2 aliphatic heterocycles. The molecule has 8 nitrogen and oxygen atoms in total. The highest BCUT2D eigenvalue weighted by Crippen LogP contribution is 2.42.